The molecule has 2 atom stereocenters. The third kappa shape index (κ3) is 5.16. The van der Waals surface area contributed by atoms with Crippen LogP contribution in [0.15, 0.2) is 76.4 Å². The number of aryl methyl sites for hydroxylation is 1. The highest BCUT2D eigenvalue weighted by Crippen LogP contribution is 2.34. The van der Waals surface area contributed by atoms with E-state index in [-0.39, 0.29) is 10.7 Å². The van der Waals surface area contributed by atoms with Crippen molar-refractivity contribution in [1.29, 1.82) is 0 Å². The summed E-state index contributed by atoms with van der Waals surface area (Å²) >= 11 is 0. The van der Waals surface area contributed by atoms with Crippen molar-refractivity contribution in [2.45, 2.75) is 42.4 Å². The van der Waals surface area contributed by atoms with Crippen LogP contribution >= 0.6 is 0 Å². The van der Waals surface area contributed by atoms with Gasteiger partial charge in [0.15, 0.2) is 5.37 Å². The Labute approximate surface area is 217 Å². The summed E-state index contributed by atoms with van der Waals surface area (Å²) in [5.74, 6) is -0.468. The predicted molar refractivity (Wildman–Crippen MR) is 135 cm³/mol. The molecule has 38 heavy (non-hydrogen) atoms. The Morgan fingerprint density at radius 3 is 2.61 bits per heavy atom. The number of furan rings is 1. The van der Waals surface area contributed by atoms with Gasteiger partial charge in [-0.15, -0.1) is 0 Å². The van der Waals surface area contributed by atoms with Crippen molar-refractivity contribution in [1.82, 2.24) is 15.6 Å². The Morgan fingerprint density at radius 1 is 1.11 bits per heavy atom. The molecule has 1 aliphatic heterocycles. The largest absolute Gasteiger partial charge is 0.445 e. The molecule has 2 aromatic heterocycles. The Hall–Kier alpha value is -3.70. The summed E-state index contributed by atoms with van der Waals surface area (Å²) in [6, 6.07) is 14.6. The zero-order valence-electron chi connectivity index (χ0n) is 20.2. The smallest absolute Gasteiger partial charge is 0.433 e. The molecule has 0 radical (unpaired) electrons. The van der Waals surface area contributed by atoms with Gasteiger partial charge in [-0.3, -0.25) is 9.78 Å². The van der Waals surface area contributed by atoms with E-state index in [1.165, 1.54) is 18.2 Å². The van der Waals surface area contributed by atoms with Crippen LogP contribution in [-0.4, -0.2) is 31.9 Å². The number of nitrogens with one attached hydrogen (secondary N) is 2. The molecule has 1 unspecified atom stereocenters. The minimum Gasteiger partial charge on any atom is -0.445 e. The first kappa shape index (κ1) is 25.9. The number of aromatic nitrogens is 1. The number of nitrogens with zero attached hydrogens (tertiary/aromatic N) is 1. The predicted octanol–water partition coefficient (Wildman–Crippen LogP) is 5.16. The lowest BCUT2D eigenvalue weighted by Crippen LogP contribution is -2.44. The number of fused-ring (bicyclic) bond motifs is 1. The fraction of sp³-hybridized carbons (Fsp3) is 0.259. The lowest BCUT2D eigenvalue weighted by atomic mass is 10.0. The summed E-state index contributed by atoms with van der Waals surface area (Å²) in [6.45, 7) is 2.52. The van der Waals surface area contributed by atoms with Crippen molar-refractivity contribution in [2.24, 2.45) is 0 Å². The molecule has 0 spiro atoms. The van der Waals surface area contributed by atoms with Gasteiger partial charge in [-0.2, -0.15) is 13.2 Å². The second-order valence-electron chi connectivity index (χ2n) is 9.24. The van der Waals surface area contributed by atoms with Crippen LogP contribution in [0.5, 0.6) is 0 Å². The van der Waals surface area contributed by atoms with E-state index in [0.717, 1.165) is 24.2 Å². The molecule has 3 heterocycles. The highest BCUT2D eigenvalue weighted by molar-refractivity contribution is 7.91. The molecule has 5 rings (SSSR count). The van der Waals surface area contributed by atoms with Crippen LogP contribution in [0.25, 0.3) is 22.1 Å². The van der Waals surface area contributed by atoms with E-state index in [2.05, 4.69) is 15.6 Å². The summed E-state index contributed by atoms with van der Waals surface area (Å²) in [6.07, 6.45) is -2.15. The number of hydrogen-bond acceptors (Lipinski definition) is 6. The molecule has 1 fully saturated rings. The summed E-state index contributed by atoms with van der Waals surface area (Å²) in [4.78, 5) is 16.5. The molecule has 1 saturated heterocycles. The average Bonchev–Trinajstić information content (AvgIpc) is 3.57. The Morgan fingerprint density at radius 2 is 1.92 bits per heavy atom. The number of rotatable bonds is 6. The minimum atomic E-state index is -4.58. The van der Waals surface area contributed by atoms with E-state index in [4.69, 9.17) is 4.42 Å². The van der Waals surface area contributed by atoms with Gasteiger partial charge in [-0.05, 0) is 61.7 Å². The SMILES string of the molecule is Cc1ccc2oc(S(=O)(=O)[C@H](NC(=O)C3CCCN3)c3cccc(-c4ccc(C(F)(F)F)nc4)c3)cc2c1. The van der Waals surface area contributed by atoms with Crippen LogP contribution in [0, 0.1) is 6.92 Å². The number of halogens is 3. The van der Waals surface area contributed by atoms with Gasteiger partial charge in [-0.25, -0.2) is 8.42 Å². The van der Waals surface area contributed by atoms with Gasteiger partial charge in [0.05, 0.1) is 6.04 Å². The second-order valence-corrected chi connectivity index (χ2v) is 11.2. The summed E-state index contributed by atoms with van der Waals surface area (Å²) in [5.41, 5.74) is 1.31. The van der Waals surface area contributed by atoms with Gasteiger partial charge >= 0.3 is 6.18 Å². The Bertz CT molecular complexity index is 1590. The van der Waals surface area contributed by atoms with E-state index in [1.54, 1.807) is 36.4 Å². The van der Waals surface area contributed by atoms with Crippen molar-refractivity contribution >= 4 is 26.7 Å². The molecule has 1 amide bonds. The topological polar surface area (TPSA) is 101 Å². The lowest BCUT2D eigenvalue weighted by Gasteiger charge is -2.21. The first-order chi connectivity index (χ1) is 18.0. The molecule has 0 bridgehead atoms. The van der Waals surface area contributed by atoms with Crippen LogP contribution in [0.2, 0.25) is 0 Å². The van der Waals surface area contributed by atoms with Crippen LogP contribution in [0.3, 0.4) is 0 Å². The number of sulfone groups is 1. The van der Waals surface area contributed by atoms with E-state index >= 15 is 0 Å². The molecule has 7 nitrogen and oxygen atoms in total. The van der Waals surface area contributed by atoms with Crippen LogP contribution < -0.4 is 10.6 Å². The second kappa shape index (κ2) is 9.88. The van der Waals surface area contributed by atoms with Gasteiger partial charge in [0.1, 0.15) is 11.3 Å². The monoisotopic (exact) mass is 543 g/mol. The summed E-state index contributed by atoms with van der Waals surface area (Å²) < 4.78 is 72.3. The number of carbonyl (C=O) groups excluding carboxylic acids is 1. The number of benzene rings is 2. The molecular formula is C27H24F3N3O4S. The fourth-order valence-corrected chi connectivity index (χ4v) is 5.99. The highest BCUT2D eigenvalue weighted by atomic mass is 32.2. The van der Waals surface area contributed by atoms with Crippen LogP contribution in [0.1, 0.15) is 35.0 Å². The molecular weight excluding hydrogens is 519 g/mol. The lowest BCUT2D eigenvalue weighted by molar-refractivity contribution is -0.141. The number of alkyl halides is 3. The van der Waals surface area contributed by atoms with Gasteiger partial charge in [-0.1, -0.05) is 35.9 Å². The van der Waals surface area contributed by atoms with Crippen LogP contribution in [-0.2, 0) is 20.8 Å². The van der Waals surface area contributed by atoms with Gasteiger partial charge in [0, 0.05) is 23.2 Å². The molecule has 2 N–H and O–H groups in total. The molecule has 0 aliphatic carbocycles. The van der Waals surface area contributed by atoms with Gasteiger partial charge < -0.3 is 15.1 Å². The Kier molecular flexibility index (Phi) is 6.74. The van der Waals surface area contributed by atoms with Crippen molar-refractivity contribution in [3.8, 4) is 11.1 Å². The van der Waals surface area contributed by atoms with Crippen LogP contribution in [0.4, 0.5) is 13.2 Å². The number of amides is 1. The molecule has 11 heteroatoms. The zero-order valence-corrected chi connectivity index (χ0v) is 21.1. The summed E-state index contributed by atoms with van der Waals surface area (Å²) in [7, 11) is -4.27. The standard InChI is InChI=1S/C27H24F3N3O4S/c1-16-7-9-22-20(12-16)14-24(37-22)38(35,36)26(33-25(34)21-6-3-11-31-21)18-5-2-4-17(13-18)19-8-10-23(32-15-19)27(28,29)30/h2,4-5,7-10,12-15,21,26,31H,3,6,11H2,1H3,(H,33,34)/t21?,26-/m0/s1. The number of pyridine rings is 1. The van der Waals surface area contributed by atoms with E-state index in [0.29, 0.717) is 35.1 Å². The van der Waals surface area contributed by atoms with Crippen molar-refractivity contribution in [3.63, 3.8) is 0 Å². The number of carbonyl (C=O) groups is 1. The molecule has 0 saturated carbocycles. The average molecular weight is 544 g/mol. The van der Waals surface area contributed by atoms with Gasteiger partial charge in [0.25, 0.3) is 0 Å². The van der Waals surface area contributed by atoms with E-state index in [1.807, 2.05) is 6.92 Å². The third-order valence-corrected chi connectivity index (χ3v) is 8.24. The fourth-order valence-electron chi connectivity index (χ4n) is 4.49. The molecule has 1 aliphatic rings. The molecule has 2 aromatic carbocycles. The minimum absolute atomic E-state index is 0.227. The van der Waals surface area contributed by atoms with E-state index in [9.17, 15) is 26.4 Å². The van der Waals surface area contributed by atoms with Crippen molar-refractivity contribution < 1.29 is 30.8 Å². The van der Waals surface area contributed by atoms with Crippen molar-refractivity contribution in [3.05, 3.63) is 83.7 Å². The normalized spacial score (nSPS) is 17.0. The zero-order chi connectivity index (χ0) is 27.1. The molecule has 198 valence electrons. The maximum absolute atomic E-state index is 13.9. The maximum Gasteiger partial charge on any atom is 0.433 e. The van der Waals surface area contributed by atoms with E-state index < -0.39 is 39.0 Å². The Balaban J connectivity index is 1.55. The third-order valence-electron chi connectivity index (χ3n) is 6.47. The first-order valence-corrected chi connectivity index (χ1v) is 13.5. The number of hydrogen-bond donors (Lipinski definition) is 2. The quantitative estimate of drug-likeness (QED) is 0.348. The molecule has 4 aromatic rings. The van der Waals surface area contributed by atoms with Crippen molar-refractivity contribution in [2.75, 3.05) is 6.54 Å². The first-order valence-electron chi connectivity index (χ1n) is 11.9. The maximum atomic E-state index is 13.9. The highest BCUT2D eigenvalue weighted by Gasteiger charge is 2.36. The summed E-state index contributed by atoms with van der Waals surface area (Å²) in [5, 5.41) is 4.53. The van der Waals surface area contributed by atoms with Gasteiger partial charge in [0.2, 0.25) is 20.8 Å².